The number of hydrogen-bond donors (Lipinski definition) is 1. The minimum Gasteiger partial charge on any atom is -0.387 e. The number of likely N-dealkylation sites (N-methyl/N-ethyl adjacent to an activating group) is 1. The van der Waals surface area contributed by atoms with Gasteiger partial charge in [0.15, 0.2) is 0 Å². The third kappa shape index (κ3) is 5.01. The standard InChI is InChI=1S/C20H25FN2O2/c1-22(15-20(24)17-3-2-4-18(21)13-17)14-16-5-7-19(8-6-16)23-9-11-25-12-10-23/h2-8,13,20,24H,9-12,14-15H2,1H3. The Balaban J connectivity index is 1.54. The summed E-state index contributed by atoms with van der Waals surface area (Å²) in [5.41, 5.74) is 3.01. The molecule has 1 fully saturated rings. The lowest BCUT2D eigenvalue weighted by molar-refractivity contribution is 0.122. The van der Waals surface area contributed by atoms with Gasteiger partial charge in [0.25, 0.3) is 0 Å². The lowest BCUT2D eigenvalue weighted by atomic mass is 10.1. The molecule has 0 amide bonds. The van der Waals surface area contributed by atoms with Crippen LogP contribution in [0.2, 0.25) is 0 Å². The van der Waals surface area contributed by atoms with Gasteiger partial charge in [-0.05, 0) is 42.4 Å². The summed E-state index contributed by atoms with van der Waals surface area (Å²) in [6, 6.07) is 14.7. The van der Waals surface area contributed by atoms with Crippen molar-refractivity contribution < 1.29 is 14.2 Å². The molecule has 2 aromatic rings. The van der Waals surface area contributed by atoms with Crippen LogP contribution in [0.5, 0.6) is 0 Å². The van der Waals surface area contributed by atoms with Crippen LogP contribution < -0.4 is 4.90 Å². The van der Waals surface area contributed by atoms with Gasteiger partial charge in [0, 0.05) is 31.9 Å². The van der Waals surface area contributed by atoms with Gasteiger partial charge >= 0.3 is 0 Å². The van der Waals surface area contributed by atoms with Gasteiger partial charge in [0.1, 0.15) is 5.82 Å². The molecule has 25 heavy (non-hydrogen) atoms. The van der Waals surface area contributed by atoms with Crippen LogP contribution in [0.4, 0.5) is 10.1 Å². The number of ether oxygens (including phenoxy) is 1. The molecule has 0 spiro atoms. The first-order valence-corrected chi connectivity index (χ1v) is 8.65. The lowest BCUT2D eigenvalue weighted by Gasteiger charge is -2.29. The fraction of sp³-hybridized carbons (Fsp3) is 0.400. The topological polar surface area (TPSA) is 35.9 Å². The fourth-order valence-electron chi connectivity index (χ4n) is 3.12. The van der Waals surface area contributed by atoms with Crippen LogP contribution in [0.3, 0.4) is 0 Å². The Kier molecular flexibility index (Phi) is 6.02. The van der Waals surface area contributed by atoms with Gasteiger partial charge in [-0.2, -0.15) is 0 Å². The zero-order valence-corrected chi connectivity index (χ0v) is 14.6. The largest absolute Gasteiger partial charge is 0.387 e. The van der Waals surface area contributed by atoms with Crippen molar-refractivity contribution in [2.75, 3.05) is 44.8 Å². The van der Waals surface area contributed by atoms with Gasteiger partial charge in [-0.15, -0.1) is 0 Å². The Morgan fingerprint density at radius 3 is 2.56 bits per heavy atom. The number of halogens is 1. The Bertz CT molecular complexity index is 672. The van der Waals surface area contributed by atoms with Gasteiger partial charge in [-0.3, -0.25) is 4.90 Å². The van der Waals surface area contributed by atoms with Crippen molar-refractivity contribution in [1.29, 1.82) is 0 Å². The van der Waals surface area contributed by atoms with Gasteiger partial charge < -0.3 is 14.7 Å². The molecule has 0 radical (unpaired) electrons. The van der Waals surface area contributed by atoms with Crippen LogP contribution >= 0.6 is 0 Å². The van der Waals surface area contributed by atoms with Crippen molar-refractivity contribution >= 4 is 5.69 Å². The van der Waals surface area contributed by atoms with Crippen molar-refractivity contribution in [2.45, 2.75) is 12.6 Å². The Hall–Kier alpha value is -1.95. The summed E-state index contributed by atoms with van der Waals surface area (Å²) in [6.07, 6.45) is -0.701. The van der Waals surface area contributed by atoms with Crippen LogP contribution in [0.1, 0.15) is 17.2 Å². The first kappa shape index (κ1) is 17.9. The Morgan fingerprint density at radius 1 is 1.16 bits per heavy atom. The van der Waals surface area contributed by atoms with E-state index in [1.54, 1.807) is 12.1 Å². The van der Waals surface area contributed by atoms with E-state index < -0.39 is 6.10 Å². The van der Waals surface area contributed by atoms with Crippen LogP contribution in [0, 0.1) is 5.82 Å². The number of rotatable bonds is 6. The van der Waals surface area contributed by atoms with Crippen molar-refractivity contribution in [3.63, 3.8) is 0 Å². The lowest BCUT2D eigenvalue weighted by Crippen LogP contribution is -2.36. The van der Waals surface area contributed by atoms with Crippen LogP contribution in [-0.4, -0.2) is 49.9 Å². The molecule has 0 aromatic heterocycles. The number of hydrogen-bond acceptors (Lipinski definition) is 4. The number of morpholine rings is 1. The molecule has 1 saturated heterocycles. The van der Waals surface area contributed by atoms with Crippen molar-refractivity contribution in [2.24, 2.45) is 0 Å². The third-order valence-corrected chi connectivity index (χ3v) is 4.48. The van der Waals surface area contributed by atoms with Gasteiger partial charge in [0.05, 0.1) is 19.3 Å². The molecule has 5 heteroatoms. The maximum Gasteiger partial charge on any atom is 0.123 e. The number of aliphatic hydroxyl groups is 1. The fourth-order valence-corrected chi connectivity index (χ4v) is 3.12. The summed E-state index contributed by atoms with van der Waals surface area (Å²) in [5.74, 6) is -0.321. The molecule has 1 heterocycles. The highest BCUT2D eigenvalue weighted by Crippen LogP contribution is 2.19. The van der Waals surface area contributed by atoms with E-state index in [4.69, 9.17) is 4.74 Å². The average Bonchev–Trinajstić information content (AvgIpc) is 2.63. The number of anilines is 1. The molecule has 0 bridgehead atoms. The molecule has 1 atom stereocenters. The van der Waals surface area contributed by atoms with E-state index in [1.807, 2.05) is 11.9 Å². The number of benzene rings is 2. The summed E-state index contributed by atoms with van der Waals surface area (Å²) in [4.78, 5) is 4.37. The minimum atomic E-state index is -0.701. The summed E-state index contributed by atoms with van der Waals surface area (Å²) in [7, 11) is 1.96. The zero-order chi connectivity index (χ0) is 17.6. The summed E-state index contributed by atoms with van der Waals surface area (Å²) < 4.78 is 18.6. The second-order valence-electron chi connectivity index (χ2n) is 6.53. The molecule has 0 aliphatic carbocycles. The molecule has 1 aliphatic heterocycles. The molecular weight excluding hydrogens is 319 g/mol. The third-order valence-electron chi connectivity index (χ3n) is 4.48. The smallest absolute Gasteiger partial charge is 0.123 e. The quantitative estimate of drug-likeness (QED) is 0.874. The van der Waals surface area contributed by atoms with Gasteiger partial charge in [0.2, 0.25) is 0 Å². The first-order valence-electron chi connectivity index (χ1n) is 8.65. The maximum absolute atomic E-state index is 13.3. The molecule has 1 aliphatic rings. The van der Waals surface area contributed by atoms with E-state index in [2.05, 4.69) is 29.2 Å². The van der Waals surface area contributed by atoms with Gasteiger partial charge in [-0.25, -0.2) is 4.39 Å². The molecule has 3 rings (SSSR count). The minimum absolute atomic E-state index is 0.321. The van der Waals surface area contributed by atoms with E-state index in [9.17, 15) is 9.50 Å². The maximum atomic E-state index is 13.3. The van der Waals surface area contributed by atoms with Crippen LogP contribution in [-0.2, 0) is 11.3 Å². The molecule has 0 saturated carbocycles. The Labute approximate surface area is 148 Å². The molecule has 2 aromatic carbocycles. The first-order chi connectivity index (χ1) is 12.1. The summed E-state index contributed by atoms with van der Waals surface area (Å²) in [5, 5.41) is 10.3. The number of aliphatic hydroxyl groups excluding tert-OH is 1. The Morgan fingerprint density at radius 2 is 1.88 bits per heavy atom. The molecule has 134 valence electrons. The second-order valence-corrected chi connectivity index (χ2v) is 6.53. The second kappa shape index (κ2) is 8.43. The van der Waals surface area contributed by atoms with Crippen molar-refractivity contribution in [3.05, 3.63) is 65.5 Å². The monoisotopic (exact) mass is 344 g/mol. The van der Waals surface area contributed by atoms with Crippen LogP contribution in [0.15, 0.2) is 48.5 Å². The predicted molar refractivity (Wildman–Crippen MR) is 97.2 cm³/mol. The normalized spacial score (nSPS) is 16.2. The molecule has 1 N–H and O–H groups in total. The van der Waals surface area contributed by atoms with Gasteiger partial charge in [-0.1, -0.05) is 24.3 Å². The van der Waals surface area contributed by atoms with Crippen molar-refractivity contribution in [1.82, 2.24) is 4.90 Å². The number of nitrogens with zero attached hydrogens (tertiary/aromatic N) is 2. The van der Waals surface area contributed by atoms with E-state index >= 15 is 0 Å². The summed E-state index contributed by atoms with van der Waals surface area (Å²) in [6.45, 7) is 4.60. The van der Waals surface area contributed by atoms with E-state index in [0.29, 0.717) is 12.1 Å². The highest BCUT2D eigenvalue weighted by Gasteiger charge is 2.13. The van der Waals surface area contributed by atoms with E-state index in [1.165, 1.54) is 23.4 Å². The van der Waals surface area contributed by atoms with E-state index in [-0.39, 0.29) is 5.82 Å². The zero-order valence-electron chi connectivity index (χ0n) is 14.6. The molecule has 4 nitrogen and oxygen atoms in total. The van der Waals surface area contributed by atoms with E-state index in [0.717, 1.165) is 32.8 Å². The molecular formula is C20H25FN2O2. The predicted octanol–water partition coefficient (Wildman–Crippen LogP) is 2.83. The van der Waals surface area contributed by atoms with Crippen molar-refractivity contribution in [3.8, 4) is 0 Å². The highest BCUT2D eigenvalue weighted by molar-refractivity contribution is 5.47. The SMILES string of the molecule is CN(Cc1ccc(N2CCOCC2)cc1)CC(O)c1cccc(F)c1. The molecule has 1 unspecified atom stereocenters. The summed E-state index contributed by atoms with van der Waals surface area (Å²) >= 11 is 0. The van der Waals surface area contributed by atoms with Crippen LogP contribution in [0.25, 0.3) is 0 Å². The highest BCUT2D eigenvalue weighted by atomic mass is 19.1. The average molecular weight is 344 g/mol.